The second-order valence-electron chi connectivity index (χ2n) is 4.80. The number of aryl methyl sites for hydroxylation is 2. The minimum atomic E-state index is -0.515. The predicted molar refractivity (Wildman–Crippen MR) is 81.6 cm³/mol. The molecule has 2 aromatic rings. The predicted octanol–water partition coefficient (Wildman–Crippen LogP) is 4.07. The normalized spacial score (nSPS) is 13.3. The molecule has 0 unspecified atom stereocenters. The van der Waals surface area contributed by atoms with Crippen molar-refractivity contribution in [3.63, 3.8) is 0 Å². The molecule has 3 rings (SSSR count). The number of carbonyl (C=O) groups excluding carboxylic acids is 1. The molecule has 1 aromatic heterocycles. The molecule has 0 saturated carbocycles. The van der Waals surface area contributed by atoms with Gasteiger partial charge in [-0.05, 0) is 59.0 Å². The number of fused-ring (bicyclic) bond motifs is 1. The first-order valence-corrected chi connectivity index (χ1v) is 8.09. The quantitative estimate of drug-likeness (QED) is 0.885. The van der Waals surface area contributed by atoms with Gasteiger partial charge >= 0.3 is 0 Å². The molecule has 2 nitrogen and oxygen atoms in total. The van der Waals surface area contributed by atoms with Crippen LogP contribution in [0.4, 0.5) is 4.39 Å². The van der Waals surface area contributed by atoms with Gasteiger partial charge in [0.05, 0.1) is 16.6 Å². The van der Waals surface area contributed by atoms with E-state index >= 15 is 0 Å². The highest BCUT2D eigenvalue weighted by Gasteiger charge is 2.16. The Bertz CT molecular complexity index is 646. The van der Waals surface area contributed by atoms with E-state index in [1.165, 1.54) is 22.9 Å². The van der Waals surface area contributed by atoms with Gasteiger partial charge in [0.25, 0.3) is 5.91 Å². The highest BCUT2D eigenvalue weighted by molar-refractivity contribution is 9.10. The number of thiophene rings is 1. The van der Waals surface area contributed by atoms with Crippen molar-refractivity contribution in [2.45, 2.75) is 25.8 Å². The van der Waals surface area contributed by atoms with Crippen LogP contribution >= 0.6 is 27.3 Å². The molecule has 1 aliphatic carbocycles. The molecule has 1 heterocycles. The lowest BCUT2D eigenvalue weighted by Crippen LogP contribution is -2.23. The summed E-state index contributed by atoms with van der Waals surface area (Å²) in [6.07, 6.45) is 3.52. The number of rotatable bonds is 3. The Morgan fingerprint density at radius 1 is 1.40 bits per heavy atom. The van der Waals surface area contributed by atoms with Crippen LogP contribution in [0.2, 0.25) is 0 Å². The standard InChI is InChI=1S/C15H13BrFNOS/c16-12-5-2-4-11(14(12)17)15(19)18-8-10-7-9-3-1-6-13(9)20-10/h2,4-5,7H,1,3,6,8H2,(H,18,19). The van der Waals surface area contributed by atoms with Crippen LogP contribution in [0.5, 0.6) is 0 Å². The van der Waals surface area contributed by atoms with Crippen molar-refractivity contribution in [3.05, 3.63) is 55.4 Å². The summed E-state index contributed by atoms with van der Waals surface area (Å²) in [5.74, 6) is -0.893. The summed E-state index contributed by atoms with van der Waals surface area (Å²) in [7, 11) is 0. The molecule has 1 aromatic carbocycles. The minimum absolute atomic E-state index is 0.0727. The van der Waals surface area contributed by atoms with Crippen molar-refractivity contribution >= 4 is 33.2 Å². The molecule has 1 N–H and O–H groups in total. The Balaban J connectivity index is 1.68. The van der Waals surface area contributed by atoms with Crippen molar-refractivity contribution < 1.29 is 9.18 Å². The fourth-order valence-electron chi connectivity index (χ4n) is 2.42. The molecule has 104 valence electrons. The van der Waals surface area contributed by atoms with Gasteiger partial charge < -0.3 is 5.32 Å². The summed E-state index contributed by atoms with van der Waals surface area (Å²) in [6, 6.07) is 6.88. The molecule has 0 bridgehead atoms. The van der Waals surface area contributed by atoms with Gasteiger partial charge in [-0.1, -0.05) is 6.07 Å². The minimum Gasteiger partial charge on any atom is -0.347 e. The lowest BCUT2D eigenvalue weighted by molar-refractivity contribution is 0.0947. The fourth-order valence-corrected chi connectivity index (χ4v) is 3.99. The molecule has 0 atom stereocenters. The van der Waals surface area contributed by atoms with Crippen LogP contribution in [0.15, 0.2) is 28.7 Å². The highest BCUT2D eigenvalue weighted by Crippen LogP contribution is 2.30. The third-order valence-electron chi connectivity index (χ3n) is 3.42. The van der Waals surface area contributed by atoms with Crippen LogP contribution in [0.1, 0.15) is 32.1 Å². The van der Waals surface area contributed by atoms with Crippen molar-refractivity contribution in [2.75, 3.05) is 0 Å². The Labute approximate surface area is 129 Å². The van der Waals surface area contributed by atoms with Gasteiger partial charge in [0.15, 0.2) is 0 Å². The molecule has 0 aliphatic heterocycles. The van der Waals surface area contributed by atoms with Crippen LogP contribution < -0.4 is 5.32 Å². The van der Waals surface area contributed by atoms with Crippen molar-refractivity contribution in [1.29, 1.82) is 0 Å². The van der Waals surface area contributed by atoms with E-state index in [1.807, 2.05) is 0 Å². The van der Waals surface area contributed by atoms with E-state index < -0.39 is 5.82 Å². The zero-order valence-electron chi connectivity index (χ0n) is 10.7. The summed E-state index contributed by atoms with van der Waals surface area (Å²) in [4.78, 5) is 14.6. The van der Waals surface area contributed by atoms with E-state index in [0.29, 0.717) is 11.0 Å². The van der Waals surface area contributed by atoms with Crippen LogP contribution in [0.25, 0.3) is 0 Å². The summed E-state index contributed by atoms with van der Waals surface area (Å²) < 4.78 is 14.1. The molecular weight excluding hydrogens is 341 g/mol. The largest absolute Gasteiger partial charge is 0.347 e. The first-order chi connectivity index (χ1) is 9.65. The Kier molecular flexibility index (Phi) is 3.89. The molecule has 0 saturated heterocycles. The first kappa shape index (κ1) is 13.8. The number of carbonyl (C=O) groups is 1. The second-order valence-corrected chi connectivity index (χ2v) is 6.87. The summed E-state index contributed by atoms with van der Waals surface area (Å²) in [5, 5.41) is 2.78. The van der Waals surface area contributed by atoms with Gasteiger partial charge in [-0.15, -0.1) is 11.3 Å². The van der Waals surface area contributed by atoms with E-state index in [0.717, 1.165) is 17.7 Å². The van der Waals surface area contributed by atoms with E-state index in [9.17, 15) is 9.18 Å². The van der Waals surface area contributed by atoms with Gasteiger partial charge in [0, 0.05) is 9.75 Å². The monoisotopic (exact) mass is 353 g/mol. The maximum absolute atomic E-state index is 13.8. The van der Waals surface area contributed by atoms with Crippen LogP contribution in [-0.2, 0) is 19.4 Å². The lowest BCUT2D eigenvalue weighted by Gasteiger charge is -2.06. The van der Waals surface area contributed by atoms with Gasteiger partial charge in [-0.25, -0.2) is 4.39 Å². The summed E-state index contributed by atoms with van der Waals surface area (Å²) >= 11 is 4.84. The number of nitrogens with one attached hydrogen (secondary N) is 1. The molecule has 1 amide bonds. The fraction of sp³-hybridized carbons (Fsp3) is 0.267. The Morgan fingerprint density at radius 3 is 3.05 bits per heavy atom. The van der Waals surface area contributed by atoms with Crippen molar-refractivity contribution in [2.24, 2.45) is 0 Å². The number of benzene rings is 1. The molecule has 1 aliphatic rings. The highest BCUT2D eigenvalue weighted by atomic mass is 79.9. The maximum atomic E-state index is 13.8. The molecule has 5 heteroatoms. The third kappa shape index (κ3) is 2.65. The van der Waals surface area contributed by atoms with E-state index in [1.54, 1.807) is 23.5 Å². The summed E-state index contributed by atoms with van der Waals surface area (Å²) in [6.45, 7) is 0.461. The smallest absolute Gasteiger partial charge is 0.254 e. The maximum Gasteiger partial charge on any atom is 0.254 e. The molecule has 0 spiro atoms. The molecule has 0 fully saturated rings. The number of amides is 1. The SMILES string of the molecule is O=C(NCc1cc2c(s1)CCC2)c1cccc(Br)c1F. The topological polar surface area (TPSA) is 29.1 Å². The third-order valence-corrected chi connectivity index (χ3v) is 5.27. The number of halogens is 2. The van der Waals surface area contributed by atoms with Crippen molar-refractivity contribution in [3.8, 4) is 0 Å². The Morgan fingerprint density at radius 2 is 2.25 bits per heavy atom. The van der Waals surface area contributed by atoms with E-state index in [4.69, 9.17) is 0 Å². The molecule has 0 radical (unpaired) electrons. The average molecular weight is 354 g/mol. The zero-order chi connectivity index (χ0) is 14.1. The molecular formula is C15H13BrFNOS. The van der Waals surface area contributed by atoms with Gasteiger partial charge in [0.2, 0.25) is 0 Å². The average Bonchev–Trinajstić information content (AvgIpc) is 3.00. The second kappa shape index (κ2) is 5.66. The number of hydrogen-bond donors (Lipinski definition) is 1. The zero-order valence-corrected chi connectivity index (χ0v) is 13.1. The van der Waals surface area contributed by atoms with E-state index in [-0.39, 0.29) is 11.5 Å². The van der Waals surface area contributed by atoms with Gasteiger partial charge in [0.1, 0.15) is 5.82 Å². The van der Waals surface area contributed by atoms with Crippen molar-refractivity contribution in [1.82, 2.24) is 5.32 Å². The van der Waals surface area contributed by atoms with Crippen LogP contribution in [0.3, 0.4) is 0 Å². The Hall–Kier alpha value is -1.20. The number of hydrogen-bond acceptors (Lipinski definition) is 2. The van der Waals surface area contributed by atoms with Gasteiger partial charge in [-0.3, -0.25) is 4.79 Å². The van der Waals surface area contributed by atoms with Crippen LogP contribution in [-0.4, -0.2) is 5.91 Å². The molecule has 20 heavy (non-hydrogen) atoms. The van der Waals surface area contributed by atoms with E-state index in [2.05, 4.69) is 27.3 Å². The van der Waals surface area contributed by atoms with Gasteiger partial charge in [-0.2, -0.15) is 0 Å². The van der Waals surface area contributed by atoms with Crippen LogP contribution in [0, 0.1) is 5.82 Å². The first-order valence-electron chi connectivity index (χ1n) is 6.48. The lowest BCUT2D eigenvalue weighted by atomic mass is 10.2. The summed E-state index contributed by atoms with van der Waals surface area (Å²) in [5.41, 5.74) is 1.48.